The maximum atomic E-state index is 12.9. The first-order chi connectivity index (χ1) is 16.7. The molecule has 2 amide bonds. The van der Waals surface area contributed by atoms with Gasteiger partial charge in [-0.25, -0.2) is 9.78 Å². The molecule has 0 atom stereocenters. The third kappa shape index (κ3) is 5.32. The lowest BCUT2D eigenvalue weighted by Gasteiger charge is -2.19. The van der Waals surface area contributed by atoms with Crippen LogP contribution in [0.15, 0.2) is 65.5 Å². The van der Waals surface area contributed by atoms with E-state index in [0.717, 1.165) is 5.56 Å². The fraction of sp³-hybridized carbons (Fsp3) is 0.259. The Bertz CT molecular complexity index is 1400. The lowest BCUT2D eigenvalue weighted by Crippen LogP contribution is -2.24. The number of hydrogen-bond donors (Lipinski definition) is 3. The number of H-pyrrole nitrogens is 1. The number of aromatic nitrogens is 4. The molecule has 0 unspecified atom stereocenters. The highest BCUT2D eigenvalue weighted by Crippen LogP contribution is 2.25. The molecule has 2 aromatic carbocycles. The van der Waals surface area contributed by atoms with Gasteiger partial charge in [0.15, 0.2) is 0 Å². The first kappa shape index (κ1) is 23.9. The van der Waals surface area contributed by atoms with Gasteiger partial charge in [-0.15, -0.1) is 0 Å². The van der Waals surface area contributed by atoms with Crippen molar-refractivity contribution in [2.75, 3.05) is 10.6 Å². The molecule has 2 heterocycles. The summed E-state index contributed by atoms with van der Waals surface area (Å²) in [7, 11) is 0. The van der Waals surface area contributed by atoms with E-state index in [2.05, 4.69) is 46.5 Å². The van der Waals surface area contributed by atoms with Crippen molar-refractivity contribution in [2.45, 2.75) is 46.5 Å². The molecule has 0 aliphatic carbocycles. The highest BCUT2D eigenvalue weighted by molar-refractivity contribution is 5.99. The van der Waals surface area contributed by atoms with E-state index in [-0.39, 0.29) is 16.9 Å². The van der Waals surface area contributed by atoms with E-state index in [4.69, 9.17) is 0 Å². The number of carbonyl (C=O) groups is 1. The quantitative estimate of drug-likeness (QED) is 0.361. The van der Waals surface area contributed by atoms with Crippen LogP contribution in [0, 0.1) is 6.92 Å². The predicted molar refractivity (Wildman–Crippen MR) is 139 cm³/mol. The van der Waals surface area contributed by atoms with Gasteiger partial charge in [0.25, 0.3) is 5.56 Å². The number of nitrogens with zero attached hydrogens (tertiary/aromatic N) is 3. The van der Waals surface area contributed by atoms with E-state index in [0.29, 0.717) is 34.9 Å². The molecule has 3 N–H and O–H groups in total. The van der Waals surface area contributed by atoms with Gasteiger partial charge in [-0.1, -0.05) is 70.2 Å². The fourth-order valence-electron chi connectivity index (χ4n) is 3.83. The number of urea groups is 1. The monoisotopic (exact) mass is 470 g/mol. The summed E-state index contributed by atoms with van der Waals surface area (Å²) in [5.74, 6) is 0.608. The number of rotatable bonds is 5. The SMILES string of the molecule is CCc1c(C)nc(-n2nc(-c3ccccc3)cc2NC(=O)Nc2ccc(C(C)(C)C)cc2)[nH]c1=O. The predicted octanol–water partition coefficient (Wildman–Crippen LogP) is 5.43. The van der Waals surface area contributed by atoms with Crippen molar-refractivity contribution in [3.05, 3.63) is 87.8 Å². The number of aryl methyl sites for hydroxylation is 1. The summed E-state index contributed by atoms with van der Waals surface area (Å²) in [6, 6.07) is 18.7. The molecule has 180 valence electrons. The van der Waals surface area contributed by atoms with Gasteiger partial charge >= 0.3 is 6.03 Å². The van der Waals surface area contributed by atoms with E-state index in [1.54, 1.807) is 13.0 Å². The number of hydrogen-bond acceptors (Lipinski definition) is 4. The van der Waals surface area contributed by atoms with Gasteiger partial charge in [0.05, 0.1) is 5.69 Å². The maximum absolute atomic E-state index is 12.9. The van der Waals surface area contributed by atoms with E-state index >= 15 is 0 Å². The van der Waals surface area contributed by atoms with Crippen molar-refractivity contribution in [1.29, 1.82) is 0 Å². The van der Waals surface area contributed by atoms with E-state index < -0.39 is 6.03 Å². The summed E-state index contributed by atoms with van der Waals surface area (Å²) >= 11 is 0. The van der Waals surface area contributed by atoms with E-state index in [1.807, 2.05) is 61.5 Å². The Kier molecular flexibility index (Phi) is 6.55. The molecule has 0 spiro atoms. The Balaban J connectivity index is 1.66. The lowest BCUT2D eigenvalue weighted by molar-refractivity contribution is 0.262. The number of amides is 2. The second kappa shape index (κ2) is 9.58. The van der Waals surface area contributed by atoms with Crippen LogP contribution in [0.3, 0.4) is 0 Å². The van der Waals surface area contributed by atoms with Gasteiger partial charge in [0, 0.05) is 28.6 Å². The average molecular weight is 471 g/mol. The maximum Gasteiger partial charge on any atom is 0.324 e. The molecule has 0 radical (unpaired) electrons. The smallest absolute Gasteiger partial charge is 0.308 e. The minimum absolute atomic E-state index is 0.0243. The summed E-state index contributed by atoms with van der Waals surface area (Å²) in [5.41, 5.74) is 4.39. The minimum atomic E-state index is -0.432. The van der Waals surface area contributed by atoms with Crippen LogP contribution < -0.4 is 16.2 Å². The second-order valence-corrected chi connectivity index (χ2v) is 9.41. The summed E-state index contributed by atoms with van der Waals surface area (Å²) < 4.78 is 1.44. The zero-order valence-corrected chi connectivity index (χ0v) is 20.6. The molecule has 0 fully saturated rings. The summed E-state index contributed by atoms with van der Waals surface area (Å²) in [5, 5.41) is 10.3. The Morgan fingerprint density at radius 1 is 1.03 bits per heavy atom. The van der Waals surface area contributed by atoms with Gasteiger partial charge in [0.1, 0.15) is 5.82 Å². The first-order valence-corrected chi connectivity index (χ1v) is 11.6. The highest BCUT2D eigenvalue weighted by atomic mass is 16.2. The molecule has 8 nitrogen and oxygen atoms in total. The molecule has 0 saturated heterocycles. The highest BCUT2D eigenvalue weighted by Gasteiger charge is 2.18. The molecule has 8 heteroatoms. The van der Waals surface area contributed by atoms with Gasteiger partial charge in [-0.3, -0.25) is 15.1 Å². The number of anilines is 2. The van der Waals surface area contributed by atoms with Gasteiger partial charge < -0.3 is 5.32 Å². The largest absolute Gasteiger partial charge is 0.324 e. The number of benzene rings is 2. The van der Waals surface area contributed by atoms with Crippen molar-refractivity contribution in [3.8, 4) is 17.2 Å². The topological polar surface area (TPSA) is 105 Å². The third-order valence-corrected chi connectivity index (χ3v) is 5.79. The molecule has 35 heavy (non-hydrogen) atoms. The molecular formula is C27H30N6O2. The average Bonchev–Trinajstić information content (AvgIpc) is 3.23. The first-order valence-electron chi connectivity index (χ1n) is 11.6. The van der Waals surface area contributed by atoms with Crippen LogP contribution in [0.4, 0.5) is 16.3 Å². The van der Waals surface area contributed by atoms with Crippen molar-refractivity contribution in [1.82, 2.24) is 19.7 Å². The molecule has 0 bridgehead atoms. The van der Waals surface area contributed by atoms with Gasteiger partial charge in [0.2, 0.25) is 5.95 Å². The standard InChI is InChI=1S/C27H30N6O2/c1-6-21-17(2)28-25(31-24(21)34)33-23(16-22(32-33)18-10-8-7-9-11-18)30-26(35)29-20-14-12-19(13-15-20)27(3,4)5/h7-16H,6H2,1-5H3,(H,28,31,34)(H2,29,30,35). The van der Waals surface area contributed by atoms with Crippen molar-refractivity contribution in [2.24, 2.45) is 0 Å². The summed E-state index contributed by atoms with van der Waals surface area (Å²) in [6.45, 7) is 10.1. The number of carbonyl (C=O) groups excluding carboxylic acids is 1. The molecule has 4 rings (SSSR count). The van der Waals surface area contributed by atoms with E-state index in [9.17, 15) is 9.59 Å². The zero-order valence-electron chi connectivity index (χ0n) is 20.6. The zero-order chi connectivity index (χ0) is 25.2. The van der Waals surface area contributed by atoms with Gasteiger partial charge in [-0.2, -0.15) is 9.78 Å². The summed E-state index contributed by atoms with van der Waals surface area (Å²) in [6.07, 6.45) is 0.574. The molecule has 0 saturated carbocycles. The van der Waals surface area contributed by atoms with Crippen LogP contribution >= 0.6 is 0 Å². The van der Waals surface area contributed by atoms with Crippen LogP contribution in [0.2, 0.25) is 0 Å². The Morgan fingerprint density at radius 3 is 2.31 bits per heavy atom. The van der Waals surface area contributed by atoms with Crippen LogP contribution in [-0.2, 0) is 11.8 Å². The molecular weight excluding hydrogens is 440 g/mol. The van der Waals surface area contributed by atoms with Crippen LogP contribution in [0.25, 0.3) is 17.2 Å². The Hall–Kier alpha value is -4.20. The minimum Gasteiger partial charge on any atom is -0.308 e. The van der Waals surface area contributed by atoms with Crippen molar-refractivity contribution in [3.63, 3.8) is 0 Å². The van der Waals surface area contributed by atoms with E-state index in [1.165, 1.54) is 10.2 Å². The molecule has 0 aliphatic rings. The van der Waals surface area contributed by atoms with Crippen LogP contribution in [0.5, 0.6) is 0 Å². The third-order valence-electron chi connectivity index (χ3n) is 5.79. The fourth-order valence-corrected chi connectivity index (χ4v) is 3.83. The van der Waals surface area contributed by atoms with Gasteiger partial charge in [-0.05, 0) is 36.5 Å². The molecule has 2 aromatic heterocycles. The lowest BCUT2D eigenvalue weighted by atomic mass is 9.87. The number of nitrogens with one attached hydrogen (secondary N) is 3. The molecule has 4 aromatic rings. The number of aromatic amines is 1. The Labute approximate surface area is 204 Å². The normalized spacial score (nSPS) is 11.3. The summed E-state index contributed by atoms with van der Waals surface area (Å²) in [4.78, 5) is 32.8. The van der Waals surface area contributed by atoms with Crippen LogP contribution in [0.1, 0.15) is 44.5 Å². The Morgan fingerprint density at radius 2 is 1.71 bits per heavy atom. The van der Waals surface area contributed by atoms with Crippen molar-refractivity contribution >= 4 is 17.5 Å². The van der Waals surface area contributed by atoms with Crippen molar-refractivity contribution < 1.29 is 4.79 Å². The van der Waals surface area contributed by atoms with Crippen LogP contribution in [-0.4, -0.2) is 25.8 Å². The molecule has 0 aliphatic heterocycles. The second-order valence-electron chi connectivity index (χ2n) is 9.41.